The summed E-state index contributed by atoms with van der Waals surface area (Å²) >= 11 is 0. The molecule has 1 aromatic rings. The predicted octanol–water partition coefficient (Wildman–Crippen LogP) is 3.01. The minimum Gasteiger partial charge on any atom is -0.507 e. The molecule has 24 heavy (non-hydrogen) atoms. The molecule has 2 amide bonds. The Kier molecular flexibility index (Phi) is 6.49. The minimum atomic E-state index is -0.0154. The van der Waals surface area contributed by atoms with Crippen LogP contribution in [-0.2, 0) is 11.2 Å². The van der Waals surface area contributed by atoms with Gasteiger partial charge < -0.3 is 20.1 Å². The van der Waals surface area contributed by atoms with Crippen molar-refractivity contribution in [2.45, 2.75) is 46.6 Å². The van der Waals surface area contributed by atoms with Crippen LogP contribution in [0.4, 0.5) is 4.79 Å². The maximum absolute atomic E-state index is 12.4. The van der Waals surface area contributed by atoms with Crippen LogP contribution in [-0.4, -0.2) is 48.4 Å². The topological polar surface area (TPSA) is 61.8 Å². The third kappa shape index (κ3) is 4.87. The fourth-order valence-corrected chi connectivity index (χ4v) is 3.05. The Morgan fingerprint density at radius 2 is 2.04 bits per heavy atom. The summed E-state index contributed by atoms with van der Waals surface area (Å²) in [4.78, 5) is 14.3. The molecule has 0 saturated carbocycles. The number of nitrogens with one attached hydrogen (secondary N) is 1. The second-order valence-corrected chi connectivity index (χ2v) is 7.01. The molecular weight excluding hydrogens is 304 g/mol. The number of rotatable bonds is 4. The quantitative estimate of drug-likeness (QED) is 0.890. The first-order valence-corrected chi connectivity index (χ1v) is 8.82. The Bertz CT molecular complexity index is 549. The second kappa shape index (κ2) is 8.38. The van der Waals surface area contributed by atoms with Crippen LogP contribution in [0.2, 0.25) is 0 Å². The van der Waals surface area contributed by atoms with E-state index in [1.165, 1.54) is 0 Å². The lowest BCUT2D eigenvalue weighted by Gasteiger charge is -2.26. The molecule has 1 fully saturated rings. The molecule has 0 bridgehead atoms. The molecule has 1 aliphatic rings. The molecule has 0 spiro atoms. The normalized spacial score (nSPS) is 18.5. The van der Waals surface area contributed by atoms with Gasteiger partial charge in [0.15, 0.2) is 0 Å². The van der Waals surface area contributed by atoms with E-state index in [0.717, 1.165) is 42.7 Å². The maximum Gasteiger partial charge on any atom is 0.317 e. The highest BCUT2D eigenvalue weighted by atomic mass is 16.5. The molecule has 1 aliphatic heterocycles. The number of amides is 2. The van der Waals surface area contributed by atoms with Gasteiger partial charge in [-0.1, -0.05) is 26.0 Å². The number of ether oxygens (including phenoxy) is 1. The monoisotopic (exact) mass is 334 g/mol. The van der Waals surface area contributed by atoms with Crippen molar-refractivity contribution in [3.63, 3.8) is 0 Å². The van der Waals surface area contributed by atoms with Gasteiger partial charge >= 0.3 is 6.03 Å². The summed E-state index contributed by atoms with van der Waals surface area (Å²) < 4.78 is 5.81. The van der Waals surface area contributed by atoms with Gasteiger partial charge in [0, 0.05) is 26.2 Å². The summed E-state index contributed by atoms with van der Waals surface area (Å²) in [5.74, 6) is 0.758. The molecular formula is C19H30N2O3. The smallest absolute Gasteiger partial charge is 0.317 e. The molecule has 1 atom stereocenters. The second-order valence-electron chi connectivity index (χ2n) is 7.01. The summed E-state index contributed by atoms with van der Waals surface area (Å²) in [7, 11) is 0. The molecule has 5 heteroatoms. The van der Waals surface area contributed by atoms with E-state index in [2.05, 4.69) is 19.2 Å². The molecule has 1 aromatic carbocycles. The van der Waals surface area contributed by atoms with Crippen molar-refractivity contribution in [3.8, 4) is 5.75 Å². The standard InChI is InChI=1S/C19H30N2O3/c1-13(2)17-12-21(8-5-9-24-17)19(23)20-7-6-16-10-14(3)18(22)15(4)11-16/h10-11,13,17,22H,5-9,12H2,1-4H3,(H,20,23). The summed E-state index contributed by atoms with van der Waals surface area (Å²) in [5.41, 5.74) is 2.88. The predicted molar refractivity (Wildman–Crippen MR) is 95.5 cm³/mol. The van der Waals surface area contributed by atoms with E-state index in [-0.39, 0.29) is 12.1 Å². The Labute approximate surface area is 145 Å². The first-order chi connectivity index (χ1) is 11.4. The van der Waals surface area contributed by atoms with Crippen molar-refractivity contribution in [1.82, 2.24) is 10.2 Å². The van der Waals surface area contributed by atoms with Crippen molar-refractivity contribution in [2.75, 3.05) is 26.2 Å². The lowest BCUT2D eigenvalue weighted by atomic mass is 10.0. The van der Waals surface area contributed by atoms with E-state index in [1.807, 2.05) is 30.9 Å². The number of aromatic hydroxyl groups is 1. The summed E-state index contributed by atoms with van der Waals surface area (Å²) in [5, 5.41) is 12.8. The van der Waals surface area contributed by atoms with Crippen molar-refractivity contribution in [3.05, 3.63) is 28.8 Å². The van der Waals surface area contributed by atoms with E-state index in [4.69, 9.17) is 4.74 Å². The molecule has 1 heterocycles. The molecule has 134 valence electrons. The average Bonchev–Trinajstić information content (AvgIpc) is 2.78. The van der Waals surface area contributed by atoms with Crippen LogP contribution in [0, 0.1) is 19.8 Å². The zero-order valence-corrected chi connectivity index (χ0v) is 15.3. The molecule has 0 aliphatic carbocycles. The molecule has 2 rings (SSSR count). The number of hydrogen-bond acceptors (Lipinski definition) is 3. The van der Waals surface area contributed by atoms with E-state index >= 15 is 0 Å². The third-order valence-corrected chi connectivity index (χ3v) is 4.58. The number of hydrogen-bond donors (Lipinski definition) is 2. The van der Waals surface area contributed by atoms with Crippen LogP contribution in [0.1, 0.15) is 37.0 Å². The number of phenolic OH excluding ortho intramolecular Hbond substituents is 1. The Morgan fingerprint density at radius 3 is 2.67 bits per heavy atom. The fraction of sp³-hybridized carbons (Fsp3) is 0.632. The van der Waals surface area contributed by atoms with Gasteiger partial charge in [-0.05, 0) is 49.3 Å². The zero-order valence-electron chi connectivity index (χ0n) is 15.3. The SMILES string of the molecule is Cc1cc(CCNC(=O)N2CCCOC(C(C)C)C2)cc(C)c1O. The van der Waals surface area contributed by atoms with Crippen molar-refractivity contribution in [1.29, 1.82) is 0 Å². The highest BCUT2D eigenvalue weighted by molar-refractivity contribution is 5.74. The van der Waals surface area contributed by atoms with Crippen LogP contribution in [0.5, 0.6) is 5.75 Å². The van der Waals surface area contributed by atoms with Gasteiger partial charge in [0.05, 0.1) is 6.10 Å². The van der Waals surface area contributed by atoms with Crippen molar-refractivity contribution in [2.24, 2.45) is 5.92 Å². The molecule has 5 nitrogen and oxygen atoms in total. The lowest BCUT2D eigenvalue weighted by Crippen LogP contribution is -2.44. The summed E-state index contributed by atoms with van der Waals surface area (Å²) in [6.07, 6.45) is 1.75. The third-order valence-electron chi connectivity index (χ3n) is 4.58. The number of phenols is 1. The van der Waals surface area contributed by atoms with Crippen LogP contribution >= 0.6 is 0 Å². The van der Waals surface area contributed by atoms with Gasteiger partial charge in [-0.15, -0.1) is 0 Å². The van der Waals surface area contributed by atoms with Gasteiger partial charge in [-0.25, -0.2) is 4.79 Å². The van der Waals surface area contributed by atoms with Crippen LogP contribution in [0.15, 0.2) is 12.1 Å². The van der Waals surface area contributed by atoms with Gasteiger partial charge in [-0.2, -0.15) is 0 Å². The van der Waals surface area contributed by atoms with Crippen molar-refractivity contribution < 1.29 is 14.6 Å². The van der Waals surface area contributed by atoms with Gasteiger partial charge in [-0.3, -0.25) is 0 Å². The maximum atomic E-state index is 12.4. The molecule has 1 saturated heterocycles. The average molecular weight is 334 g/mol. The summed E-state index contributed by atoms with van der Waals surface area (Å²) in [6, 6.07) is 3.94. The van der Waals surface area contributed by atoms with E-state index in [1.54, 1.807) is 0 Å². The first-order valence-electron chi connectivity index (χ1n) is 8.82. The fourth-order valence-electron chi connectivity index (χ4n) is 3.05. The summed E-state index contributed by atoms with van der Waals surface area (Å²) in [6.45, 7) is 10.8. The largest absolute Gasteiger partial charge is 0.507 e. The van der Waals surface area contributed by atoms with Gasteiger partial charge in [0.1, 0.15) is 5.75 Å². The minimum absolute atomic E-state index is 0.0154. The van der Waals surface area contributed by atoms with Crippen molar-refractivity contribution >= 4 is 6.03 Å². The molecule has 2 N–H and O–H groups in total. The number of aryl methyl sites for hydroxylation is 2. The first kappa shape index (κ1) is 18.6. The highest BCUT2D eigenvalue weighted by Gasteiger charge is 2.24. The van der Waals surface area contributed by atoms with E-state index in [0.29, 0.717) is 24.8 Å². The van der Waals surface area contributed by atoms with Crippen LogP contribution < -0.4 is 5.32 Å². The number of carbonyl (C=O) groups is 1. The Hall–Kier alpha value is -1.75. The highest BCUT2D eigenvalue weighted by Crippen LogP contribution is 2.23. The number of benzene rings is 1. The Balaban J connectivity index is 1.86. The molecule has 0 aromatic heterocycles. The van der Waals surface area contributed by atoms with Gasteiger partial charge in [0.25, 0.3) is 0 Å². The van der Waals surface area contributed by atoms with E-state index < -0.39 is 0 Å². The Morgan fingerprint density at radius 1 is 1.38 bits per heavy atom. The number of nitrogens with zero attached hydrogens (tertiary/aromatic N) is 1. The van der Waals surface area contributed by atoms with Gasteiger partial charge in [0.2, 0.25) is 0 Å². The molecule has 1 unspecified atom stereocenters. The van der Waals surface area contributed by atoms with Crippen LogP contribution in [0.25, 0.3) is 0 Å². The van der Waals surface area contributed by atoms with E-state index in [9.17, 15) is 9.90 Å². The molecule has 0 radical (unpaired) electrons. The zero-order chi connectivity index (χ0) is 17.7. The number of urea groups is 1. The lowest BCUT2D eigenvalue weighted by molar-refractivity contribution is 0.0267. The van der Waals surface area contributed by atoms with Crippen LogP contribution in [0.3, 0.4) is 0 Å². The number of carbonyl (C=O) groups excluding carboxylic acids is 1.